The van der Waals surface area contributed by atoms with E-state index in [9.17, 15) is 8.42 Å². The molecule has 0 aliphatic carbocycles. The minimum Gasteiger partial charge on any atom is -0.379 e. The highest BCUT2D eigenvalue weighted by Crippen LogP contribution is 2.16. The molecule has 4 nitrogen and oxygen atoms in total. The standard InChI is InChI=1S/C14H22O4S/c1-5-12(3)14(17-4)10-18-19(15,16)13-8-6-11(2)7-9-13/h6-9,12,14H,5,10H2,1-4H3. The molecule has 2 unspecified atom stereocenters. The molecule has 1 aromatic rings. The van der Waals surface area contributed by atoms with Crippen LogP contribution in [-0.2, 0) is 19.0 Å². The van der Waals surface area contributed by atoms with Crippen molar-refractivity contribution in [2.24, 2.45) is 5.92 Å². The quantitative estimate of drug-likeness (QED) is 0.723. The van der Waals surface area contributed by atoms with E-state index in [1.54, 1.807) is 31.4 Å². The van der Waals surface area contributed by atoms with Gasteiger partial charge in [0.25, 0.3) is 10.1 Å². The summed E-state index contributed by atoms with van der Waals surface area (Å²) in [5, 5.41) is 0. The normalized spacial score (nSPS) is 15.2. The topological polar surface area (TPSA) is 52.6 Å². The average molecular weight is 286 g/mol. The first-order chi connectivity index (χ1) is 8.90. The van der Waals surface area contributed by atoms with Crippen molar-refractivity contribution in [1.29, 1.82) is 0 Å². The fourth-order valence-corrected chi connectivity index (χ4v) is 2.58. The summed E-state index contributed by atoms with van der Waals surface area (Å²) in [5.41, 5.74) is 1.01. The van der Waals surface area contributed by atoms with Crippen molar-refractivity contribution < 1.29 is 17.3 Å². The molecule has 1 rings (SSSR count). The molecule has 0 saturated heterocycles. The van der Waals surface area contributed by atoms with Crippen LogP contribution in [0.1, 0.15) is 25.8 Å². The Hall–Kier alpha value is -0.910. The summed E-state index contributed by atoms with van der Waals surface area (Å²) in [6.07, 6.45) is 0.692. The van der Waals surface area contributed by atoms with Gasteiger partial charge in [0, 0.05) is 7.11 Å². The first-order valence-corrected chi connectivity index (χ1v) is 7.80. The van der Waals surface area contributed by atoms with Gasteiger partial charge in [-0.05, 0) is 25.0 Å². The maximum Gasteiger partial charge on any atom is 0.297 e. The molecule has 19 heavy (non-hydrogen) atoms. The second-order valence-electron chi connectivity index (χ2n) is 4.71. The average Bonchev–Trinajstić information content (AvgIpc) is 2.39. The van der Waals surface area contributed by atoms with Gasteiger partial charge in [-0.2, -0.15) is 8.42 Å². The molecular weight excluding hydrogens is 264 g/mol. The van der Waals surface area contributed by atoms with Gasteiger partial charge in [-0.3, -0.25) is 4.18 Å². The lowest BCUT2D eigenvalue weighted by Crippen LogP contribution is -2.27. The largest absolute Gasteiger partial charge is 0.379 e. The van der Waals surface area contributed by atoms with Gasteiger partial charge in [0.15, 0.2) is 0 Å². The van der Waals surface area contributed by atoms with Gasteiger partial charge in [-0.25, -0.2) is 0 Å². The van der Waals surface area contributed by atoms with Crippen LogP contribution in [0, 0.1) is 12.8 Å². The van der Waals surface area contributed by atoms with Crippen LogP contribution < -0.4 is 0 Å². The monoisotopic (exact) mass is 286 g/mol. The minimum atomic E-state index is -3.70. The van der Waals surface area contributed by atoms with Gasteiger partial charge in [-0.15, -0.1) is 0 Å². The van der Waals surface area contributed by atoms with Crippen molar-refractivity contribution >= 4 is 10.1 Å². The van der Waals surface area contributed by atoms with E-state index in [0.29, 0.717) is 0 Å². The van der Waals surface area contributed by atoms with Gasteiger partial charge in [0.2, 0.25) is 0 Å². The lowest BCUT2D eigenvalue weighted by atomic mass is 10.0. The van der Waals surface area contributed by atoms with Crippen molar-refractivity contribution in [2.45, 2.75) is 38.2 Å². The molecule has 0 aromatic heterocycles. The van der Waals surface area contributed by atoms with Crippen molar-refractivity contribution in [1.82, 2.24) is 0 Å². The molecule has 2 atom stereocenters. The predicted octanol–water partition coefficient (Wildman–Crippen LogP) is 2.76. The smallest absolute Gasteiger partial charge is 0.297 e. The summed E-state index contributed by atoms with van der Waals surface area (Å²) in [7, 11) is -2.14. The summed E-state index contributed by atoms with van der Waals surface area (Å²) in [6.45, 7) is 5.99. The highest BCUT2D eigenvalue weighted by molar-refractivity contribution is 7.86. The second kappa shape index (κ2) is 7.03. The first-order valence-electron chi connectivity index (χ1n) is 6.39. The molecule has 0 bridgehead atoms. The fourth-order valence-electron chi connectivity index (χ4n) is 1.66. The fraction of sp³-hybridized carbons (Fsp3) is 0.571. The molecule has 0 saturated carbocycles. The minimum absolute atomic E-state index is 0.0434. The third-order valence-electron chi connectivity index (χ3n) is 3.28. The number of aryl methyl sites for hydroxylation is 1. The highest BCUT2D eigenvalue weighted by atomic mass is 32.2. The molecule has 0 N–H and O–H groups in total. The van der Waals surface area contributed by atoms with Crippen molar-refractivity contribution in [3.63, 3.8) is 0 Å². The third kappa shape index (κ3) is 4.60. The Balaban J connectivity index is 2.72. The van der Waals surface area contributed by atoms with Gasteiger partial charge in [0.05, 0.1) is 17.6 Å². The number of hydrogen-bond acceptors (Lipinski definition) is 4. The summed E-state index contributed by atoms with van der Waals surface area (Å²) in [6, 6.07) is 6.60. The van der Waals surface area contributed by atoms with Crippen LogP contribution in [0.5, 0.6) is 0 Å². The molecule has 5 heteroatoms. The van der Waals surface area contributed by atoms with Gasteiger partial charge >= 0.3 is 0 Å². The van der Waals surface area contributed by atoms with E-state index >= 15 is 0 Å². The predicted molar refractivity (Wildman–Crippen MR) is 74.6 cm³/mol. The molecular formula is C14H22O4S. The van der Waals surface area contributed by atoms with Crippen LogP contribution in [0.15, 0.2) is 29.2 Å². The van der Waals surface area contributed by atoms with E-state index in [2.05, 4.69) is 0 Å². The van der Waals surface area contributed by atoms with Crippen LogP contribution in [0.3, 0.4) is 0 Å². The zero-order valence-corrected chi connectivity index (χ0v) is 12.7. The van der Waals surface area contributed by atoms with E-state index in [1.165, 1.54) is 0 Å². The first kappa shape index (κ1) is 16.1. The molecule has 1 aromatic carbocycles. The number of hydrogen-bond donors (Lipinski definition) is 0. The van der Waals surface area contributed by atoms with E-state index in [1.807, 2.05) is 20.8 Å². The summed E-state index contributed by atoms with van der Waals surface area (Å²) in [4.78, 5) is 0.178. The Morgan fingerprint density at radius 2 is 1.79 bits per heavy atom. The third-order valence-corrected chi connectivity index (χ3v) is 4.57. The number of rotatable bonds is 7. The number of ether oxygens (including phenoxy) is 1. The van der Waals surface area contributed by atoms with Crippen molar-refractivity contribution in [3.8, 4) is 0 Å². The molecule has 0 aliphatic rings. The maximum absolute atomic E-state index is 12.0. The van der Waals surface area contributed by atoms with Gasteiger partial charge in [0.1, 0.15) is 0 Å². The van der Waals surface area contributed by atoms with Crippen molar-refractivity contribution in [2.75, 3.05) is 13.7 Å². The Labute approximate surface area is 115 Å². The number of benzene rings is 1. The Bertz CT molecular complexity index is 479. The zero-order valence-electron chi connectivity index (χ0n) is 11.9. The van der Waals surface area contributed by atoms with Crippen LogP contribution in [0.4, 0.5) is 0 Å². The number of methoxy groups -OCH3 is 1. The van der Waals surface area contributed by atoms with Crippen LogP contribution in [0.25, 0.3) is 0 Å². The van der Waals surface area contributed by atoms with E-state index in [-0.39, 0.29) is 23.5 Å². The highest BCUT2D eigenvalue weighted by Gasteiger charge is 2.21. The van der Waals surface area contributed by atoms with E-state index < -0.39 is 10.1 Å². The van der Waals surface area contributed by atoms with E-state index in [0.717, 1.165) is 12.0 Å². The maximum atomic E-state index is 12.0. The van der Waals surface area contributed by atoms with Gasteiger partial charge in [-0.1, -0.05) is 38.0 Å². The molecule has 0 spiro atoms. The molecule has 0 heterocycles. The van der Waals surface area contributed by atoms with Crippen LogP contribution >= 0.6 is 0 Å². The lowest BCUT2D eigenvalue weighted by Gasteiger charge is -2.20. The summed E-state index contributed by atoms with van der Waals surface area (Å²) >= 11 is 0. The zero-order chi connectivity index (χ0) is 14.5. The Morgan fingerprint density at radius 3 is 2.26 bits per heavy atom. The summed E-state index contributed by atoms with van der Waals surface area (Å²) < 4.78 is 34.3. The second-order valence-corrected chi connectivity index (χ2v) is 6.33. The van der Waals surface area contributed by atoms with Crippen LogP contribution in [0.2, 0.25) is 0 Å². The molecule has 0 amide bonds. The van der Waals surface area contributed by atoms with Crippen molar-refractivity contribution in [3.05, 3.63) is 29.8 Å². The molecule has 0 fully saturated rings. The molecule has 108 valence electrons. The lowest BCUT2D eigenvalue weighted by molar-refractivity contribution is 0.0215. The Morgan fingerprint density at radius 1 is 1.21 bits per heavy atom. The summed E-state index contributed by atoms with van der Waals surface area (Å²) in [5.74, 6) is 0.248. The molecule has 0 radical (unpaired) electrons. The van der Waals surface area contributed by atoms with E-state index in [4.69, 9.17) is 8.92 Å². The SMILES string of the molecule is CCC(C)C(COS(=O)(=O)c1ccc(C)cc1)OC. The van der Waals surface area contributed by atoms with Crippen LogP contribution in [-0.4, -0.2) is 28.2 Å². The molecule has 0 aliphatic heterocycles. The van der Waals surface area contributed by atoms with Gasteiger partial charge < -0.3 is 4.74 Å². The Kier molecular flexibility index (Phi) is 5.97.